The average Bonchev–Trinajstić information content (AvgIpc) is 2.19. The van der Waals surface area contributed by atoms with Crippen LogP contribution in [0.2, 0.25) is 0 Å². The van der Waals surface area contributed by atoms with Crippen LogP contribution in [0.1, 0.15) is 6.42 Å². The molecule has 1 heterocycles. The minimum Gasteiger partial charge on any atom is -0.294 e. The van der Waals surface area contributed by atoms with E-state index in [9.17, 15) is 0 Å². The van der Waals surface area contributed by atoms with Crippen LogP contribution in [0.4, 0.5) is 0 Å². The molecule has 13 heavy (non-hydrogen) atoms. The molecule has 0 aliphatic carbocycles. The molecule has 0 fully saturated rings. The first-order valence-corrected chi connectivity index (χ1v) is 4.84. The van der Waals surface area contributed by atoms with Gasteiger partial charge in [-0.05, 0) is 6.42 Å². The van der Waals surface area contributed by atoms with Gasteiger partial charge in [-0.2, -0.15) is 5.26 Å². The van der Waals surface area contributed by atoms with Gasteiger partial charge in [-0.3, -0.25) is 4.90 Å². The van der Waals surface area contributed by atoms with Crippen LogP contribution in [0.25, 0.3) is 0 Å². The Morgan fingerprint density at radius 3 is 3.00 bits per heavy atom. The summed E-state index contributed by atoms with van der Waals surface area (Å²) >= 11 is 11.2. The third-order valence-electron chi connectivity index (χ3n) is 1.93. The third-order valence-corrected chi connectivity index (χ3v) is 2.53. The van der Waals surface area contributed by atoms with Crippen molar-refractivity contribution in [3.8, 4) is 6.07 Å². The standard InChI is InChI=1S/C9H10Cl2N2/c10-5-9(11)7-13-3-1-8(6-12)2-4-13/h1,5H,2-4,7H2/b9-5+. The van der Waals surface area contributed by atoms with Crippen molar-refractivity contribution in [1.82, 2.24) is 4.90 Å². The van der Waals surface area contributed by atoms with E-state index in [1.807, 2.05) is 6.08 Å². The van der Waals surface area contributed by atoms with Crippen molar-refractivity contribution < 1.29 is 0 Å². The van der Waals surface area contributed by atoms with Gasteiger partial charge in [0.15, 0.2) is 0 Å². The number of nitriles is 1. The summed E-state index contributed by atoms with van der Waals surface area (Å²) < 4.78 is 0. The van der Waals surface area contributed by atoms with Crippen molar-refractivity contribution in [3.63, 3.8) is 0 Å². The van der Waals surface area contributed by atoms with Crippen LogP contribution in [0.5, 0.6) is 0 Å². The smallest absolute Gasteiger partial charge is 0.0944 e. The molecule has 0 unspecified atom stereocenters. The van der Waals surface area contributed by atoms with Crippen molar-refractivity contribution in [2.75, 3.05) is 19.6 Å². The van der Waals surface area contributed by atoms with Crippen molar-refractivity contribution in [2.24, 2.45) is 0 Å². The normalized spacial score (nSPS) is 19.5. The number of hydrogen-bond acceptors (Lipinski definition) is 2. The fourth-order valence-electron chi connectivity index (χ4n) is 1.20. The van der Waals surface area contributed by atoms with Crippen LogP contribution in [0.3, 0.4) is 0 Å². The molecule has 1 aliphatic heterocycles. The maximum Gasteiger partial charge on any atom is 0.0944 e. The highest BCUT2D eigenvalue weighted by molar-refractivity contribution is 6.36. The molecule has 0 bridgehead atoms. The van der Waals surface area contributed by atoms with Crippen LogP contribution < -0.4 is 0 Å². The summed E-state index contributed by atoms with van der Waals surface area (Å²) in [7, 11) is 0. The third kappa shape index (κ3) is 3.40. The highest BCUT2D eigenvalue weighted by Crippen LogP contribution is 2.13. The second-order valence-electron chi connectivity index (χ2n) is 2.88. The lowest BCUT2D eigenvalue weighted by Crippen LogP contribution is -2.29. The maximum absolute atomic E-state index is 8.61. The molecule has 4 heteroatoms. The Hall–Kier alpha value is -0.490. The van der Waals surface area contributed by atoms with Crippen LogP contribution in [-0.2, 0) is 0 Å². The monoisotopic (exact) mass is 216 g/mol. The Balaban J connectivity index is 2.43. The summed E-state index contributed by atoms with van der Waals surface area (Å²) in [6, 6.07) is 2.15. The molecule has 0 saturated carbocycles. The van der Waals surface area contributed by atoms with Gasteiger partial charge in [-0.25, -0.2) is 0 Å². The van der Waals surface area contributed by atoms with E-state index in [0.717, 1.165) is 25.1 Å². The number of nitrogens with zero attached hydrogens (tertiary/aromatic N) is 2. The molecular formula is C9H10Cl2N2. The SMILES string of the molecule is N#CC1=CCN(C/C(Cl)=C\Cl)CC1. The molecule has 70 valence electrons. The lowest BCUT2D eigenvalue weighted by atomic mass is 10.1. The van der Waals surface area contributed by atoms with Gasteiger partial charge in [-0.15, -0.1) is 0 Å². The molecule has 0 N–H and O–H groups in total. The Kier molecular flexibility index (Phi) is 4.31. The highest BCUT2D eigenvalue weighted by Gasteiger charge is 2.11. The van der Waals surface area contributed by atoms with Crippen LogP contribution >= 0.6 is 23.2 Å². The molecule has 1 aliphatic rings. The minimum atomic E-state index is 0.635. The first kappa shape index (κ1) is 10.6. The molecule has 0 aromatic rings. The first-order valence-electron chi connectivity index (χ1n) is 4.02. The van der Waals surface area contributed by atoms with E-state index >= 15 is 0 Å². The molecule has 0 radical (unpaired) electrons. The minimum absolute atomic E-state index is 0.635. The maximum atomic E-state index is 8.61. The Bertz CT molecular complexity index is 276. The zero-order valence-electron chi connectivity index (χ0n) is 7.13. The quantitative estimate of drug-likeness (QED) is 0.710. The predicted octanol–water partition coefficient (Wildman–Crippen LogP) is 2.46. The molecule has 2 nitrogen and oxygen atoms in total. The van der Waals surface area contributed by atoms with Gasteiger partial charge in [0.1, 0.15) is 0 Å². The van der Waals surface area contributed by atoms with Gasteiger partial charge in [0.2, 0.25) is 0 Å². The molecule has 1 rings (SSSR count). The Morgan fingerprint density at radius 1 is 1.77 bits per heavy atom. The van der Waals surface area contributed by atoms with Gasteiger partial charge in [0, 0.05) is 35.8 Å². The molecule has 0 atom stereocenters. The van der Waals surface area contributed by atoms with Crippen LogP contribution in [0, 0.1) is 11.3 Å². The van der Waals surface area contributed by atoms with E-state index in [1.165, 1.54) is 5.54 Å². The van der Waals surface area contributed by atoms with Crippen LogP contribution in [0.15, 0.2) is 22.2 Å². The lowest BCUT2D eigenvalue weighted by molar-refractivity contribution is 0.325. The number of rotatable bonds is 2. The molecule has 0 aromatic heterocycles. The fourth-order valence-corrected chi connectivity index (χ4v) is 1.44. The Morgan fingerprint density at radius 2 is 2.54 bits per heavy atom. The lowest BCUT2D eigenvalue weighted by Gasteiger charge is -2.23. The second kappa shape index (κ2) is 5.29. The van der Waals surface area contributed by atoms with Gasteiger partial charge < -0.3 is 0 Å². The van der Waals surface area contributed by atoms with Crippen molar-refractivity contribution >= 4 is 23.2 Å². The fraction of sp³-hybridized carbons (Fsp3) is 0.444. The van der Waals surface area contributed by atoms with Crippen molar-refractivity contribution in [2.45, 2.75) is 6.42 Å². The first-order chi connectivity index (χ1) is 6.26. The topological polar surface area (TPSA) is 27.0 Å². The van der Waals surface area contributed by atoms with Gasteiger partial charge in [0.05, 0.1) is 6.07 Å². The summed E-state index contributed by atoms with van der Waals surface area (Å²) in [5.74, 6) is 0. The Labute approximate surface area is 88.0 Å². The van der Waals surface area contributed by atoms with E-state index in [1.54, 1.807) is 0 Å². The molecular weight excluding hydrogens is 207 g/mol. The number of halogens is 2. The predicted molar refractivity (Wildman–Crippen MR) is 54.5 cm³/mol. The molecule has 0 saturated heterocycles. The van der Waals surface area contributed by atoms with Crippen molar-refractivity contribution in [3.05, 3.63) is 22.2 Å². The summed E-state index contributed by atoms with van der Waals surface area (Å²) in [5, 5.41) is 9.24. The summed E-state index contributed by atoms with van der Waals surface area (Å²) in [4.78, 5) is 2.14. The molecule has 0 amide bonds. The van der Waals surface area contributed by atoms with Gasteiger partial charge in [0.25, 0.3) is 0 Å². The van der Waals surface area contributed by atoms with Gasteiger partial charge in [-0.1, -0.05) is 29.3 Å². The molecule has 0 aromatic carbocycles. The van der Waals surface area contributed by atoms with E-state index in [4.69, 9.17) is 28.5 Å². The van der Waals surface area contributed by atoms with E-state index in [2.05, 4.69) is 11.0 Å². The van der Waals surface area contributed by atoms with Crippen LogP contribution in [-0.4, -0.2) is 24.5 Å². The largest absolute Gasteiger partial charge is 0.294 e. The molecule has 0 spiro atoms. The van der Waals surface area contributed by atoms with E-state index in [0.29, 0.717) is 11.6 Å². The highest BCUT2D eigenvalue weighted by atomic mass is 35.5. The van der Waals surface area contributed by atoms with Crippen molar-refractivity contribution in [1.29, 1.82) is 5.26 Å². The zero-order valence-corrected chi connectivity index (χ0v) is 8.65. The summed E-state index contributed by atoms with van der Waals surface area (Å²) in [6.45, 7) is 2.32. The van der Waals surface area contributed by atoms with Gasteiger partial charge >= 0.3 is 0 Å². The summed E-state index contributed by atoms with van der Waals surface area (Å²) in [6.07, 6.45) is 2.74. The van der Waals surface area contributed by atoms with E-state index < -0.39 is 0 Å². The average molecular weight is 217 g/mol. The summed E-state index contributed by atoms with van der Waals surface area (Å²) in [5.41, 5.74) is 2.24. The number of hydrogen-bond donors (Lipinski definition) is 0. The second-order valence-corrected chi connectivity index (χ2v) is 3.59. The van der Waals surface area contributed by atoms with E-state index in [-0.39, 0.29) is 0 Å². The zero-order chi connectivity index (χ0) is 9.68.